The summed E-state index contributed by atoms with van der Waals surface area (Å²) in [6, 6.07) is 15.3. The number of tetrazole rings is 1. The summed E-state index contributed by atoms with van der Waals surface area (Å²) in [5, 5.41) is 13.6. The zero-order valence-electron chi connectivity index (χ0n) is 13.2. The minimum absolute atomic E-state index is 0.131. The molecule has 0 aliphatic rings. The zero-order valence-corrected chi connectivity index (χ0v) is 13.2. The first-order valence-electron chi connectivity index (χ1n) is 7.59. The quantitative estimate of drug-likeness (QED) is 0.682. The molecule has 0 aliphatic carbocycles. The van der Waals surface area contributed by atoms with Gasteiger partial charge < -0.3 is 11.1 Å². The number of aromatic nitrogens is 4. The summed E-state index contributed by atoms with van der Waals surface area (Å²) in [4.78, 5) is 23.9. The standard InChI is InChI=1S/C17H16N6O2/c18-17(25)16(13-4-2-1-3-5-13)20-15(24)10-12-6-8-14(9-7-12)23-11-19-21-22-23/h1-9,11,16H,10H2,(H2,18,25)(H,20,24). The van der Waals surface area contributed by atoms with Crippen molar-refractivity contribution in [3.05, 3.63) is 72.1 Å². The Morgan fingerprint density at radius 2 is 1.80 bits per heavy atom. The third kappa shape index (κ3) is 4.05. The normalized spacial score (nSPS) is 11.7. The molecule has 2 amide bonds. The summed E-state index contributed by atoms with van der Waals surface area (Å²) in [5.41, 5.74) is 7.64. The second-order valence-electron chi connectivity index (χ2n) is 5.41. The van der Waals surface area contributed by atoms with E-state index in [0.717, 1.165) is 11.3 Å². The number of carbonyl (C=O) groups excluding carboxylic acids is 2. The molecular formula is C17H16N6O2. The van der Waals surface area contributed by atoms with Crippen molar-refractivity contribution in [1.82, 2.24) is 25.5 Å². The van der Waals surface area contributed by atoms with E-state index in [-0.39, 0.29) is 12.3 Å². The minimum atomic E-state index is -0.853. The molecule has 0 radical (unpaired) electrons. The largest absolute Gasteiger partial charge is 0.368 e. The Balaban J connectivity index is 1.66. The Morgan fingerprint density at radius 1 is 1.08 bits per heavy atom. The van der Waals surface area contributed by atoms with Crippen LogP contribution in [-0.4, -0.2) is 32.0 Å². The highest BCUT2D eigenvalue weighted by molar-refractivity contribution is 5.88. The van der Waals surface area contributed by atoms with Crippen LogP contribution in [-0.2, 0) is 16.0 Å². The molecule has 1 unspecified atom stereocenters. The predicted molar refractivity (Wildman–Crippen MR) is 89.4 cm³/mol. The summed E-state index contributed by atoms with van der Waals surface area (Å²) >= 11 is 0. The molecule has 3 rings (SSSR count). The Morgan fingerprint density at radius 3 is 2.40 bits per heavy atom. The zero-order chi connectivity index (χ0) is 17.6. The van der Waals surface area contributed by atoms with Crippen LogP contribution in [0, 0.1) is 0 Å². The van der Waals surface area contributed by atoms with E-state index in [2.05, 4.69) is 20.8 Å². The fraction of sp³-hybridized carbons (Fsp3) is 0.118. The van der Waals surface area contributed by atoms with Crippen LogP contribution in [0.25, 0.3) is 5.69 Å². The van der Waals surface area contributed by atoms with Crippen LogP contribution in [0.1, 0.15) is 17.2 Å². The molecule has 8 heteroatoms. The van der Waals surface area contributed by atoms with Gasteiger partial charge in [0, 0.05) is 0 Å². The van der Waals surface area contributed by atoms with Gasteiger partial charge in [-0.15, -0.1) is 5.10 Å². The number of rotatable bonds is 6. The second-order valence-corrected chi connectivity index (χ2v) is 5.41. The fourth-order valence-corrected chi connectivity index (χ4v) is 2.41. The summed E-state index contributed by atoms with van der Waals surface area (Å²) in [6.45, 7) is 0. The van der Waals surface area contributed by atoms with Gasteiger partial charge in [-0.2, -0.15) is 0 Å². The maximum absolute atomic E-state index is 12.3. The highest BCUT2D eigenvalue weighted by Gasteiger charge is 2.19. The third-order valence-corrected chi connectivity index (χ3v) is 3.64. The van der Waals surface area contributed by atoms with Crippen LogP contribution in [0.15, 0.2) is 60.9 Å². The summed E-state index contributed by atoms with van der Waals surface area (Å²) < 4.78 is 1.52. The van der Waals surface area contributed by atoms with Crippen molar-refractivity contribution in [3.8, 4) is 5.69 Å². The summed E-state index contributed by atoms with van der Waals surface area (Å²) in [6.07, 6.45) is 1.62. The van der Waals surface area contributed by atoms with Crippen molar-refractivity contribution in [2.24, 2.45) is 5.73 Å². The lowest BCUT2D eigenvalue weighted by Gasteiger charge is -2.16. The van der Waals surface area contributed by atoms with Crippen molar-refractivity contribution >= 4 is 11.8 Å². The molecule has 0 saturated heterocycles. The molecule has 0 spiro atoms. The molecule has 1 heterocycles. The molecule has 126 valence electrons. The highest BCUT2D eigenvalue weighted by Crippen LogP contribution is 2.13. The number of nitrogens with zero attached hydrogens (tertiary/aromatic N) is 4. The first-order chi connectivity index (χ1) is 12.1. The Kier molecular flexibility index (Phi) is 4.79. The average Bonchev–Trinajstić information content (AvgIpc) is 3.15. The van der Waals surface area contributed by atoms with Crippen molar-refractivity contribution < 1.29 is 9.59 Å². The van der Waals surface area contributed by atoms with Gasteiger partial charge in [0.2, 0.25) is 11.8 Å². The number of carbonyl (C=O) groups is 2. The van der Waals surface area contributed by atoms with Gasteiger partial charge in [-0.3, -0.25) is 9.59 Å². The number of primary amides is 1. The topological polar surface area (TPSA) is 116 Å². The molecule has 0 bridgehead atoms. The van der Waals surface area contributed by atoms with Crippen molar-refractivity contribution in [2.75, 3.05) is 0 Å². The molecule has 2 aromatic carbocycles. The van der Waals surface area contributed by atoms with Gasteiger partial charge in [0.1, 0.15) is 12.4 Å². The molecule has 0 aliphatic heterocycles. The fourth-order valence-electron chi connectivity index (χ4n) is 2.41. The lowest BCUT2D eigenvalue weighted by atomic mass is 10.1. The SMILES string of the molecule is NC(=O)C(NC(=O)Cc1ccc(-n2cnnn2)cc1)c1ccccc1. The highest BCUT2D eigenvalue weighted by atomic mass is 16.2. The van der Waals surface area contributed by atoms with Gasteiger partial charge in [-0.05, 0) is 33.7 Å². The number of nitrogens with two attached hydrogens (primary N) is 1. The molecular weight excluding hydrogens is 320 g/mol. The molecule has 1 aromatic heterocycles. The first-order valence-corrected chi connectivity index (χ1v) is 7.59. The number of nitrogens with one attached hydrogen (secondary N) is 1. The van der Waals surface area contributed by atoms with Crippen molar-refractivity contribution in [3.63, 3.8) is 0 Å². The first kappa shape index (κ1) is 16.3. The van der Waals surface area contributed by atoms with E-state index in [4.69, 9.17) is 5.73 Å². The van der Waals surface area contributed by atoms with Crippen LogP contribution in [0.5, 0.6) is 0 Å². The lowest BCUT2D eigenvalue weighted by Crippen LogP contribution is -2.38. The molecule has 8 nitrogen and oxygen atoms in total. The Bertz CT molecular complexity index is 847. The van der Waals surface area contributed by atoms with Crippen molar-refractivity contribution in [2.45, 2.75) is 12.5 Å². The van der Waals surface area contributed by atoms with Crippen LogP contribution in [0.2, 0.25) is 0 Å². The minimum Gasteiger partial charge on any atom is -0.368 e. The van der Waals surface area contributed by atoms with Crippen LogP contribution < -0.4 is 11.1 Å². The van der Waals surface area contributed by atoms with Crippen LogP contribution in [0.3, 0.4) is 0 Å². The Labute approximate surface area is 143 Å². The second kappa shape index (κ2) is 7.35. The van der Waals surface area contributed by atoms with E-state index in [1.807, 2.05) is 18.2 Å². The lowest BCUT2D eigenvalue weighted by molar-refractivity contribution is -0.127. The van der Waals surface area contributed by atoms with Gasteiger partial charge in [0.15, 0.2) is 0 Å². The number of benzene rings is 2. The van der Waals surface area contributed by atoms with E-state index in [0.29, 0.717) is 5.56 Å². The van der Waals surface area contributed by atoms with Crippen LogP contribution >= 0.6 is 0 Å². The van der Waals surface area contributed by atoms with E-state index < -0.39 is 11.9 Å². The Hall–Kier alpha value is -3.55. The molecule has 3 N–H and O–H groups in total. The van der Waals surface area contributed by atoms with Gasteiger partial charge in [-0.1, -0.05) is 42.5 Å². The van der Waals surface area contributed by atoms with Crippen molar-refractivity contribution in [1.29, 1.82) is 0 Å². The predicted octanol–water partition coefficient (Wildman–Crippen LogP) is 0.548. The maximum Gasteiger partial charge on any atom is 0.244 e. The van der Waals surface area contributed by atoms with Gasteiger partial charge in [0.05, 0.1) is 12.1 Å². The molecule has 0 saturated carbocycles. The number of amides is 2. The van der Waals surface area contributed by atoms with Gasteiger partial charge >= 0.3 is 0 Å². The van der Waals surface area contributed by atoms with E-state index >= 15 is 0 Å². The molecule has 25 heavy (non-hydrogen) atoms. The monoisotopic (exact) mass is 336 g/mol. The molecule has 1 atom stereocenters. The van der Waals surface area contributed by atoms with Crippen LogP contribution in [0.4, 0.5) is 0 Å². The van der Waals surface area contributed by atoms with E-state index in [1.165, 1.54) is 11.0 Å². The smallest absolute Gasteiger partial charge is 0.244 e. The van der Waals surface area contributed by atoms with E-state index in [9.17, 15) is 9.59 Å². The van der Waals surface area contributed by atoms with Gasteiger partial charge in [0.25, 0.3) is 0 Å². The number of hydrogen-bond acceptors (Lipinski definition) is 5. The summed E-state index contributed by atoms with van der Waals surface area (Å²) in [5.74, 6) is -0.892. The third-order valence-electron chi connectivity index (χ3n) is 3.64. The summed E-state index contributed by atoms with van der Waals surface area (Å²) in [7, 11) is 0. The van der Waals surface area contributed by atoms with Gasteiger partial charge in [-0.25, -0.2) is 4.68 Å². The van der Waals surface area contributed by atoms with E-state index in [1.54, 1.807) is 36.4 Å². The molecule has 0 fully saturated rings. The maximum atomic E-state index is 12.3. The molecule has 3 aromatic rings. The number of hydrogen-bond donors (Lipinski definition) is 2. The average molecular weight is 336 g/mol.